The summed E-state index contributed by atoms with van der Waals surface area (Å²) in [5.41, 5.74) is 3.39. The number of hydrogen-bond donors (Lipinski definition) is 1. The molecule has 0 spiro atoms. The van der Waals surface area contributed by atoms with Crippen molar-refractivity contribution in [3.63, 3.8) is 0 Å². The van der Waals surface area contributed by atoms with E-state index in [1.807, 2.05) is 12.1 Å². The molecule has 2 aromatic carbocycles. The summed E-state index contributed by atoms with van der Waals surface area (Å²) in [6, 6.07) is 14.3. The molecule has 2 amide bonds. The van der Waals surface area contributed by atoms with Crippen LogP contribution in [0.5, 0.6) is 0 Å². The van der Waals surface area contributed by atoms with Crippen LogP contribution in [0.1, 0.15) is 26.3 Å². The average molecular weight is 361 g/mol. The number of nitrogens with zero attached hydrogens (tertiary/aromatic N) is 2. The molecule has 4 rings (SSSR count). The Bertz CT molecular complexity index is 1000. The summed E-state index contributed by atoms with van der Waals surface area (Å²) < 4.78 is 13.0. The van der Waals surface area contributed by atoms with Crippen LogP contribution in [0.3, 0.4) is 0 Å². The van der Waals surface area contributed by atoms with Gasteiger partial charge in [-0.1, -0.05) is 0 Å². The second-order valence-corrected chi connectivity index (χ2v) is 6.25. The fourth-order valence-electron chi connectivity index (χ4n) is 3.14. The molecule has 134 valence electrons. The molecule has 0 aliphatic carbocycles. The number of benzene rings is 2. The number of hydrogen-bond acceptors (Lipinski definition) is 3. The highest BCUT2D eigenvalue weighted by molar-refractivity contribution is 6.08. The van der Waals surface area contributed by atoms with Crippen LogP contribution < -0.4 is 10.2 Å². The van der Waals surface area contributed by atoms with Crippen molar-refractivity contribution in [1.29, 1.82) is 0 Å². The van der Waals surface area contributed by atoms with Crippen LogP contribution in [-0.4, -0.2) is 23.3 Å². The molecular formula is C21H16FN3O2. The van der Waals surface area contributed by atoms with Crippen LogP contribution >= 0.6 is 0 Å². The first kappa shape index (κ1) is 16.9. The fourth-order valence-corrected chi connectivity index (χ4v) is 3.14. The van der Waals surface area contributed by atoms with Crippen molar-refractivity contribution in [1.82, 2.24) is 4.98 Å². The van der Waals surface area contributed by atoms with Gasteiger partial charge < -0.3 is 10.2 Å². The number of aromatic nitrogens is 1. The van der Waals surface area contributed by atoms with E-state index in [1.165, 1.54) is 24.3 Å². The fraction of sp³-hybridized carbons (Fsp3) is 0.0952. The van der Waals surface area contributed by atoms with E-state index >= 15 is 0 Å². The zero-order chi connectivity index (χ0) is 18.8. The van der Waals surface area contributed by atoms with Gasteiger partial charge in [0, 0.05) is 35.9 Å². The highest BCUT2D eigenvalue weighted by atomic mass is 19.1. The van der Waals surface area contributed by atoms with E-state index in [2.05, 4.69) is 10.3 Å². The predicted octanol–water partition coefficient (Wildman–Crippen LogP) is 3.68. The number of fused-ring (bicyclic) bond motifs is 1. The third kappa shape index (κ3) is 3.42. The van der Waals surface area contributed by atoms with E-state index in [0.29, 0.717) is 29.8 Å². The molecule has 0 bridgehead atoms. The molecule has 1 aliphatic rings. The van der Waals surface area contributed by atoms with Gasteiger partial charge in [-0.3, -0.25) is 14.6 Å². The Labute approximate surface area is 155 Å². The third-order valence-corrected chi connectivity index (χ3v) is 4.49. The molecule has 0 atom stereocenters. The van der Waals surface area contributed by atoms with Crippen molar-refractivity contribution in [2.24, 2.45) is 0 Å². The number of pyridine rings is 1. The zero-order valence-electron chi connectivity index (χ0n) is 14.4. The van der Waals surface area contributed by atoms with Gasteiger partial charge in [-0.05, 0) is 66.6 Å². The Kier molecular flexibility index (Phi) is 4.38. The van der Waals surface area contributed by atoms with E-state index in [-0.39, 0.29) is 17.6 Å². The molecule has 5 nitrogen and oxygen atoms in total. The predicted molar refractivity (Wildman–Crippen MR) is 100 cm³/mol. The number of carbonyl (C=O) groups excluding carboxylic acids is 2. The molecule has 3 aromatic rings. The van der Waals surface area contributed by atoms with Crippen LogP contribution in [0.15, 0.2) is 67.0 Å². The molecule has 27 heavy (non-hydrogen) atoms. The molecule has 0 unspecified atom stereocenters. The summed E-state index contributed by atoms with van der Waals surface area (Å²) in [6.45, 7) is 0.582. The van der Waals surface area contributed by atoms with Crippen molar-refractivity contribution >= 4 is 23.2 Å². The van der Waals surface area contributed by atoms with Crippen molar-refractivity contribution < 1.29 is 14.0 Å². The number of anilines is 2. The minimum atomic E-state index is -0.387. The maximum absolute atomic E-state index is 13.0. The average Bonchev–Trinajstić information content (AvgIpc) is 3.11. The van der Waals surface area contributed by atoms with Gasteiger partial charge in [0.15, 0.2) is 0 Å². The summed E-state index contributed by atoms with van der Waals surface area (Å²) >= 11 is 0. The molecule has 0 radical (unpaired) electrons. The lowest BCUT2D eigenvalue weighted by atomic mass is 10.1. The summed E-state index contributed by atoms with van der Waals surface area (Å²) in [5, 5.41) is 2.81. The molecule has 0 fully saturated rings. The highest BCUT2D eigenvalue weighted by Crippen LogP contribution is 2.31. The van der Waals surface area contributed by atoms with Gasteiger partial charge in [0.1, 0.15) is 5.82 Å². The Morgan fingerprint density at radius 3 is 2.59 bits per heavy atom. The Morgan fingerprint density at radius 1 is 1.04 bits per heavy atom. The van der Waals surface area contributed by atoms with E-state index in [9.17, 15) is 14.0 Å². The number of halogens is 1. The van der Waals surface area contributed by atoms with Gasteiger partial charge in [0.2, 0.25) is 0 Å². The summed E-state index contributed by atoms with van der Waals surface area (Å²) in [6.07, 6.45) is 3.89. The van der Waals surface area contributed by atoms with E-state index in [4.69, 9.17) is 0 Å². The van der Waals surface area contributed by atoms with Gasteiger partial charge in [0.05, 0.1) is 5.56 Å². The topological polar surface area (TPSA) is 62.3 Å². The molecule has 0 saturated heterocycles. The normalized spacial score (nSPS) is 12.6. The van der Waals surface area contributed by atoms with Crippen LogP contribution in [-0.2, 0) is 6.42 Å². The molecule has 1 aromatic heterocycles. The first-order valence-corrected chi connectivity index (χ1v) is 8.53. The molecule has 1 N–H and O–H groups in total. The van der Waals surface area contributed by atoms with E-state index < -0.39 is 0 Å². The van der Waals surface area contributed by atoms with Gasteiger partial charge in [-0.25, -0.2) is 4.39 Å². The van der Waals surface area contributed by atoms with Gasteiger partial charge in [-0.2, -0.15) is 0 Å². The van der Waals surface area contributed by atoms with Crippen LogP contribution in [0.2, 0.25) is 0 Å². The van der Waals surface area contributed by atoms with E-state index in [0.717, 1.165) is 11.3 Å². The Hall–Kier alpha value is -3.54. The quantitative estimate of drug-likeness (QED) is 0.774. The SMILES string of the molecule is O=C(Nc1ccc2c(c1)CCN2C(=O)c1cccnc1)c1ccc(F)cc1. The van der Waals surface area contributed by atoms with Crippen molar-refractivity contribution in [2.45, 2.75) is 6.42 Å². The maximum Gasteiger partial charge on any atom is 0.259 e. The molecule has 6 heteroatoms. The number of amides is 2. The molecule has 2 heterocycles. The summed E-state index contributed by atoms with van der Waals surface area (Å²) in [4.78, 5) is 30.7. The molecule has 0 saturated carbocycles. The van der Waals surface area contributed by atoms with Crippen LogP contribution in [0.4, 0.5) is 15.8 Å². The maximum atomic E-state index is 13.0. The minimum absolute atomic E-state index is 0.0926. The lowest BCUT2D eigenvalue weighted by molar-refractivity contribution is 0.0987. The zero-order valence-corrected chi connectivity index (χ0v) is 14.4. The van der Waals surface area contributed by atoms with Crippen LogP contribution in [0, 0.1) is 5.82 Å². The monoisotopic (exact) mass is 361 g/mol. The lowest BCUT2D eigenvalue weighted by Gasteiger charge is -2.17. The highest BCUT2D eigenvalue weighted by Gasteiger charge is 2.26. The van der Waals surface area contributed by atoms with Crippen molar-refractivity contribution in [2.75, 3.05) is 16.8 Å². The van der Waals surface area contributed by atoms with Crippen molar-refractivity contribution in [3.8, 4) is 0 Å². The lowest BCUT2D eigenvalue weighted by Crippen LogP contribution is -2.28. The smallest absolute Gasteiger partial charge is 0.259 e. The first-order valence-electron chi connectivity index (χ1n) is 8.53. The Morgan fingerprint density at radius 2 is 1.85 bits per heavy atom. The molecular weight excluding hydrogens is 345 g/mol. The number of carbonyl (C=O) groups is 2. The largest absolute Gasteiger partial charge is 0.322 e. The van der Waals surface area contributed by atoms with Gasteiger partial charge >= 0.3 is 0 Å². The van der Waals surface area contributed by atoms with Crippen molar-refractivity contribution in [3.05, 3.63) is 89.5 Å². The third-order valence-electron chi connectivity index (χ3n) is 4.49. The summed E-state index contributed by atoms with van der Waals surface area (Å²) in [5.74, 6) is -0.788. The number of rotatable bonds is 3. The van der Waals surface area contributed by atoms with Gasteiger partial charge in [-0.15, -0.1) is 0 Å². The standard InChI is InChI=1S/C21H16FN3O2/c22-17-5-3-14(4-6-17)20(26)24-18-7-8-19-15(12-18)9-11-25(19)21(27)16-2-1-10-23-13-16/h1-8,10,12-13H,9,11H2,(H,24,26). The second-order valence-electron chi connectivity index (χ2n) is 6.25. The van der Waals surface area contributed by atoms with Crippen LogP contribution in [0.25, 0.3) is 0 Å². The van der Waals surface area contributed by atoms with E-state index in [1.54, 1.807) is 35.5 Å². The summed E-state index contributed by atoms with van der Waals surface area (Å²) in [7, 11) is 0. The Balaban J connectivity index is 1.52. The first-order chi connectivity index (χ1) is 13.1. The van der Waals surface area contributed by atoms with Gasteiger partial charge in [0.25, 0.3) is 11.8 Å². The minimum Gasteiger partial charge on any atom is -0.322 e. The molecule has 1 aliphatic heterocycles. The second kappa shape index (κ2) is 6.99. The number of nitrogens with one attached hydrogen (secondary N) is 1.